The standard InChI is InChI=1S/C19H11NO3/c21-12-6-7-13-16(9-12)23-17-10-20-14-4-2-1-3-11(14)5-8-15(20)18(17)19(13)22/h1-10,21H. The van der Waals surface area contributed by atoms with E-state index in [2.05, 4.69) is 0 Å². The molecule has 4 nitrogen and oxygen atoms in total. The number of hydrogen-bond donors (Lipinski definition) is 1. The molecule has 0 atom stereocenters. The molecule has 23 heavy (non-hydrogen) atoms. The molecular weight excluding hydrogens is 290 g/mol. The number of pyridine rings is 1. The Labute approximate surface area is 129 Å². The normalized spacial score (nSPS) is 11.8. The second-order valence-corrected chi connectivity index (χ2v) is 5.63. The number of fused-ring (bicyclic) bond motifs is 6. The molecule has 0 saturated heterocycles. The van der Waals surface area contributed by atoms with E-state index in [9.17, 15) is 9.90 Å². The van der Waals surface area contributed by atoms with Crippen molar-refractivity contribution in [3.63, 3.8) is 0 Å². The molecule has 110 valence electrons. The van der Waals surface area contributed by atoms with E-state index >= 15 is 0 Å². The van der Waals surface area contributed by atoms with Crippen molar-refractivity contribution >= 4 is 38.4 Å². The first kappa shape index (κ1) is 12.3. The van der Waals surface area contributed by atoms with Crippen molar-refractivity contribution in [2.75, 3.05) is 0 Å². The highest BCUT2D eigenvalue weighted by Gasteiger charge is 2.14. The molecule has 0 saturated carbocycles. The number of nitrogens with zero attached hydrogens (tertiary/aromatic N) is 1. The Morgan fingerprint density at radius 2 is 1.78 bits per heavy atom. The van der Waals surface area contributed by atoms with E-state index in [1.165, 1.54) is 12.1 Å². The second kappa shape index (κ2) is 4.14. The smallest absolute Gasteiger partial charge is 0.202 e. The van der Waals surface area contributed by atoms with Gasteiger partial charge in [0.05, 0.1) is 28.0 Å². The van der Waals surface area contributed by atoms with Crippen LogP contribution in [0, 0.1) is 0 Å². The molecule has 0 bridgehead atoms. The molecule has 2 aromatic carbocycles. The van der Waals surface area contributed by atoms with Crippen LogP contribution < -0.4 is 5.43 Å². The minimum atomic E-state index is -0.0842. The van der Waals surface area contributed by atoms with Crippen LogP contribution in [-0.2, 0) is 0 Å². The molecule has 5 rings (SSSR count). The zero-order valence-electron chi connectivity index (χ0n) is 12.0. The van der Waals surface area contributed by atoms with E-state index in [4.69, 9.17) is 4.42 Å². The molecule has 0 aliphatic heterocycles. The van der Waals surface area contributed by atoms with Crippen LogP contribution in [0.4, 0.5) is 0 Å². The summed E-state index contributed by atoms with van der Waals surface area (Å²) in [5.41, 5.74) is 2.66. The summed E-state index contributed by atoms with van der Waals surface area (Å²) < 4.78 is 7.84. The first-order valence-corrected chi connectivity index (χ1v) is 7.31. The largest absolute Gasteiger partial charge is 0.508 e. The Hall–Kier alpha value is -3.27. The van der Waals surface area contributed by atoms with Crippen LogP contribution in [-0.4, -0.2) is 9.51 Å². The summed E-state index contributed by atoms with van der Waals surface area (Å²) in [4.78, 5) is 12.9. The summed E-state index contributed by atoms with van der Waals surface area (Å²) in [6, 6.07) is 16.5. The lowest BCUT2D eigenvalue weighted by Gasteiger charge is -2.01. The first-order chi connectivity index (χ1) is 11.2. The molecule has 0 fully saturated rings. The lowest BCUT2D eigenvalue weighted by Crippen LogP contribution is -2.00. The molecule has 1 N–H and O–H groups in total. The number of hydrogen-bond acceptors (Lipinski definition) is 3. The Morgan fingerprint density at radius 1 is 0.913 bits per heavy atom. The van der Waals surface area contributed by atoms with Crippen molar-refractivity contribution in [1.82, 2.24) is 4.40 Å². The van der Waals surface area contributed by atoms with Gasteiger partial charge in [0.25, 0.3) is 0 Å². The van der Waals surface area contributed by atoms with Gasteiger partial charge >= 0.3 is 0 Å². The summed E-state index contributed by atoms with van der Waals surface area (Å²) in [5.74, 6) is 0.0780. The Bertz CT molecular complexity index is 1290. The second-order valence-electron chi connectivity index (χ2n) is 5.63. The van der Waals surface area contributed by atoms with Crippen LogP contribution in [0.5, 0.6) is 5.75 Å². The van der Waals surface area contributed by atoms with Crippen molar-refractivity contribution in [2.24, 2.45) is 0 Å². The van der Waals surface area contributed by atoms with Crippen molar-refractivity contribution < 1.29 is 9.52 Å². The molecule has 0 aliphatic carbocycles. The van der Waals surface area contributed by atoms with Gasteiger partial charge in [-0.15, -0.1) is 0 Å². The third-order valence-corrected chi connectivity index (χ3v) is 4.28. The van der Waals surface area contributed by atoms with Crippen LogP contribution >= 0.6 is 0 Å². The van der Waals surface area contributed by atoms with Gasteiger partial charge < -0.3 is 13.9 Å². The van der Waals surface area contributed by atoms with Crippen LogP contribution in [0.2, 0.25) is 0 Å². The summed E-state index contributed by atoms with van der Waals surface area (Å²) in [6.45, 7) is 0. The SMILES string of the molecule is O=c1c2ccc(O)cc2oc2cn3c4ccccc4ccc3c12. The lowest BCUT2D eigenvalue weighted by atomic mass is 10.1. The van der Waals surface area contributed by atoms with Crippen molar-refractivity contribution in [3.8, 4) is 5.75 Å². The minimum Gasteiger partial charge on any atom is -0.508 e. The number of rotatable bonds is 0. The van der Waals surface area contributed by atoms with Crippen molar-refractivity contribution in [1.29, 1.82) is 0 Å². The van der Waals surface area contributed by atoms with E-state index in [-0.39, 0.29) is 11.2 Å². The number of aromatic hydroxyl groups is 1. The maximum Gasteiger partial charge on any atom is 0.202 e. The Morgan fingerprint density at radius 3 is 2.70 bits per heavy atom. The zero-order chi connectivity index (χ0) is 15.6. The fourth-order valence-electron chi connectivity index (χ4n) is 3.22. The third-order valence-electron chi connectivity index (χ3n) is 4.28. The molecular formula is C19H11NO3. The van der Waals surface area contributed by atoms with Crippen molar-refractivity contribution in [3.05, 3.63) is 71.0 Å². The zero-order valence-corrected chi connectivity index (χ0v) is 12.0. The average molecular weight is 301 g/mol. The highest BCUT2D eigenvalue weighted by atomic mass is 16.3. The lowest BCUT2D eigenvalue weighted by molar-refractivity contribution is 0.474. The average Bonchev–Trinajstić information content (AvgIpc) is 2.93. The van der Waals surface area contributed by atoms with Gasteiger partial charge in [-0.1, -0.05) is 24.3 Å². The molecule has 0 unspecified atom stereocenters. The third kappa shape index (κ3) is 1.57. The van der Waals surface area contributed by atoms with Crippen LogP contribution in [0.25, 0.3) is 38.4 Å². The molecule has 5 aromatic rings. The van der Waals surface area contributed by atoms with Gasteiger partial charge in [-0.25, -0.2) is 0 Å². The minimum absolute atomic E-state index is 0.0780. The van der Waals surface area contributed by atoms with Gasteiger partial charge in [-0.2, -0.15) is 0 Å². The Kier molecular flexibility index (Phi) is 2.21. The van der Waals surface area contributed by atoms with E-state index < -0.39 is 0 Å². The maximum atomic E-state index is 12.9. The summed E-state index contributed by atoms with van der Waals surface area (Å²) in [7, 11) is 0. The van der Waals surface area contributed by atoms with Gasteiger partial charge in [0.15, 0.2) is 5.58 Å². The summed E-state index contributed by atoms with van der Waals surface area (Å²) in [5, 5.41) is 11.7. The fourth-order valence-corrected chi connectivity index (χ4v) is 3.22. The fraction of sp³-hybridized carbons (Fsp3) is 0. The van der Waals surface area contributed by atoms with Crippen molar-refractivity contribution in [2.45, 2.75) is 0 Å². The summed E-state index contributed by atoms with van der Waals surface area (Å²) >= 11 is 0. The van der Waals surface area contributed by atoms with E-state index in [0.717, 1.165) is 16.4 Å². The van der Waals surface area contributed by atoms with E-state index in [0.29, 0.717) is 21.9 Å². The van der Waals surface area contributed by atoms with E-state index in [1.807, 2.05) is 47.0 Å². The molecule has 3 aromatic heterocycles. The molecule has 0 spiro atoms. The van der Waals surface area contributed by atoms with Gasteiger partial charge in [-0.05, 0) is 29.7 Å². The number of phenolic OH excluding ortho intramolecular Hbond substituents is 1. The highest BCUT2D eigenvalue weighted by Crippen LogP contribution is 2.28. The predicted octanol–water partition coefficient (Wildman–Crippen LogP) is 4.06. The number of phenols is 1. The topological polar surface area (TPSA) is 54.8 Å². The summed E-state index contributed by atoms with van der Waals surface area (Å²) in [6.07, 6.45) is 1.83. The maximum absolute atomic E-state index is 12.9. The van der Waals surface area contributed by atoms with Gasteiger partial charge in [0.2, 0.25) is 5.43 Å². The van der Waals surface area contributed by atoms with Gasteiger partial charge in [-0.3, -0.25) is 4.79 Å². The molecule has 3 heterocycles. The van der Waals surface area contributed by atoms with Crippen LogP contribution in [0.15, 0.2) is 70.0 Å². The molecule has 0 amide bonds. The highest BCUT2D eigenvalue weighted by molar-refractivity contribution is 6.02. The Balaban J connectivity index is 2.08. The van der Waals surface area contributed by atoms with Gasteiger partial charge in [0, 0.05) is 6.07 Å². The number of para-hydroxylation sites is 1. The monoisotopic (exact) mass is 301 g/mol. The molecule has 4 heteroatoms. The van der Waals surface area contributed by atoms with Crippen LogP contribution in [0.1, 0.15) is 0 Å². The predicted molar refractivity (Wildman–Crippen MR) is 90.1 cm³/mol. The van der Waals surface area contributed by atoms with Gasteiger partial charge in [0.1, 0.15) is 11.3 Å². The molecule has 0 radical (unpaired) electrons. The first-order valence-electron chi connectivity index (χ1n) is 7.31. The quantitative estimate of drug-likeness (QED) is 0.469. The van der Waals surface area contributed by atoms with Crippen LogP contribution in [0.3, 0.4) is 0 Å². The number of aromatic nitrogens is 1. The number of benzene rings is 2. The molecule has 0 aliphatic rings. The van der Waals surface area contributed by atoms with E-state index in [1.54, 1.807) is 6.07 Å².